The Hall–Kier alpha value is -1.16. The number of hydrogen-bond acceptors (Lipinski definition) is 3. The summed E-state index contributed by atoms with van der Waals surface area (Å²) in [6.45, 7) is 0. The van der Waals surface area contributed by atoms with E-state index in [1.54, 1.807) is 11.8 Å². The summed E-state index contributed by atoms with van der Waals surface area (Å²) < 4.78 is 0. The highest BCUT2D eigenvalue weighted by molar-refractivity contribution is 7.99. The van der Waals surface area contributed by atoms with Crippen LogP contribution in [0.3, 0.4) is 0 Å². The van der Waals surface area contributed by atoms with Crippen LogP contribution in [0.1, 0.15) is 37.7 Å². The van der Waals surface area contributed by atoms with Crippen molar-refractivity contribution in [2.24, 2.45) is 0 Å². The van der Waals surface area contributed by atoms with E-state index in [-0.39, 0.29) is 5.91 Å². The van der Waals surface area contributed by atoms with Gasteiger partial charge in [0.2, 0.25) is 5.91 Å². The molecule has 2 rings (SSSR count). The highest BCUT2D eigenvalue weighted by Gasteiger charge is 2.15. The van der Waals surface area contributed by atoms with Crippen LogP contribution in [-0.4, -0.2) is 17.7 Å². The van der Waals surface area contributed by atoms with E-state index in [0.717, 1.165) is 24.3 Å². The standard InChI is InChI=1S/C15H22N2OS/c16-13-8-6-12(7-9-13)10-19-11-15(18)17-14-4-2-1-3-5-14/h6-9,14H,1-5,10-11,16H2,(H,17,18). The van der Waals surface area contributed by atoms with Crippen molar-refractivity contribution in [2.45, 2.75) is 43.9 Å². The van der Waals surface area contributed by atoms with E-state index in [9.17, 15) is 4.79 Å². The van der Waals surface area contributed by atoms with E-state index in [2.05, 4.69) is 5.32 Å². The molecule has 1 aliphatic rings. The largest absolute Gasteiger partial charge is 0.399 e. The number of benzene rings is 1. The molecule has 0 saturated heterocycles. The fraction of sp³-hybridized carbons (Fsp3) is 0.533. The smallest absolute Gasteiger partial charge is 0.230 e. The molecule has 0 aliphatic heterocycles. The van der Waals surface area contributed by atoms with Gasteiger partial charge in [-0.15, -0.1) is 11.8 Å². The highest BCUT2D eigenvalue weighted by atomic mass is 32.2. The quantitative estimate of drug-likeness (QED) is 0.814. The maximum absolute atomic E-state index is 11.8. The fourth-order valence-corrected chi connectivity index (χ4v) is 3.19. The van der Waals surface area contributed by atoms with E-state index >= 15 is 0 Å². The zero-order chi connectivity index (χ0) is 13.5. The lowest BCUT2D eigenvalue weighted by Crippen LogP contribution is -2.37. The van der Waals surface area contributed by atoms with Gasteiger partial charge in [0, 0.05) is 17.5 Å². The number of nitrogen functional groups attached to an aromatic ring is 1. The van der Waals surface area contributed by atoms with E-state index in [0.29, 0.717) is 11.8 Å². The van der Waals surface area contributed by atoms with Gasteiger partial charge in [0.1, 0.15) is 0 Å². The Morgan fingerprint density at radius 2 is 1.89 bits per heavy atom. The third-order valence-corrected chi connectivity index (χ3v) is 4.46. The van der Waals surface area contributed by atoms with Gasteiger partial charge >= 0.3 is 0 Å². The molecule has 0 spiro atoms. The molecule has 0 unspecified atom stereocenters. The second kappa shape index (κ2) is 7.43. The van der Waals surface area contributed by atoms with Gasteiger partial charge in [-0.2, -0.15) is 0 Å². The number of anilines is 1. The van der Waals surface area contributed by atoms with Crippen LogP contribution in [-0.2, 0) is 10.5 Å². The van der Waals surface area contributed by atoms with Crippen LogP contribution in [0.25, 0.3) is 0 Å². The van der Waals surface area contributed by atoms with Crippen LogP contribution in [0.15, 0.2) is 24.3 Å². The van der Waals surface area contributed by atoms with Crippen molar-refractivity contribution in [3.8, 4) is 0 Å². The van der Waals surface area contributed by atoms with E-state index in [1.807, 2.05) is 24.3 Å². The van der Waals surface area contributed by atoms with Gasteiger partial charge in [-0.1, -0.05) is 31.4 Å². The minimum Gasteiger partial charge on any atom is -0.399 e. The van der Waals surface area contributed by atoms with Gasteiger partial charge in [0.05, 0.1) is 5.75 Å². The lowest BCUT2D eigenvalue weighted by molar-refractivity contribution is -0.119. The zero-order valence-corrected chi connectivity index (χ0v) is 12.0. The second-order valence-corrected chi connectivity index (χ2v) is 6.12. The van der Waals surface area contributed by atoms with Crippen molar-refractivity contribution in [1.82, 2.24) is 5.32 Å². The molecule has 3 nitrogen and oxygen atoms in total. The predicted molar refractivity (Wildman–Crippen MR) is 82.0 cm³/mol. The van der Waals surface area contributed by atoms with Crippen LogP contribution >= 0.6 is 11.8 Å². The lowest BCUT2D eigenvalue weighted by Gasteiger charge is -2.22. The van der Waals surface area contributed by atoms with Gasteiger partial charge < -0.3 is 11.1 Å². The highest BCUT2D eigenvalue weighted by Crippen LogP contribution is 2.18. The van der Waals surface area contributed by atoms with Crippen molar-refractivity contribution in [1.29, 1.82) is 0 Å². The number of rotatable bonds is 5. The Labute approximate surface area is 119 Å². The van der Waals surface area contributed by atoms with Gasteiger partial charge in [0.25, 0.3) is 0 Å². The van der Waals surface area contributed by atoms with Gasteiger partial charge in [-0.05, 0) is 30.5 Å². The van der Waals surface area contributed by atoms with Crippen LogP contribution in [0, 0.1) is 0 Å². The lowest BCUT2D eigenvalue weighted by atomic mass is 9.95. The molecule has 1 amide bonds. The monoisotopic (exact) mass is 278 g/mol. The third kappa shape index (κ3) is 5.15. The molecular weight excluding hydrogens is 256 g/mol. The molecule has 0 atom stereocenters. The number of nitrogens with one attached hydrogen (secondary N) is 1. The molecule has 104 valence electrons. The summed E-state index contributed by atoms with van der Waals surface area (Å²) >= 11 is 1.66. The summed E-state index contributed by atoms with van der Waals surface area (Å²) in [6.07, 6.45) is 6.12. The Bertz CT molecular complexity index is 399. The number of carbonyl (C=O) groups excluding carboxylic acids is 1. The Morgan fingerprint density at radius 3 is 2.58 bits per heavy atom. The number of thioether (sulfide) groups is 1. The van der Waals surface area contributed by atoms with E-state index < -0.39 is 0 Å². The summed E-state index contributed by atoms with van der Waals surface area (Å²) in [5.41, 5.74) is 7.63. The molecule has 0 bridgehead atoms. The average molecular weight is 278 g/mol. The van der Waals surface area contributed by atoms with Crippen LogP contribution in [0.4, 0.5) is 5.69 Å². The molecule has 4 heteroatoms. The molecule has 1 aliphatic carbocycles. The number of amides is 1. The van der Waals surface area contributed by atoms with Crippen molar-refractivity contribution >= 4 is 23.4 Å². The molecule has 0 aromatic heterocycles. The summed E-state index contributed by atoms with van der Waals surface area (Å²) in [4.78, 5) is 11.8. The van der Waals surface area contributed by atoms with Crippen molar-refractivity contribution < 1.29 is 4.79 Å². The zero-order valence-electron chi connectivity index (χ0n) is 11.2. The van der Waals surface area contributed by atoms with Crippen molar-refractivity contribution in [2.75, 3.05) is 11.5 Å². The Kier molecular flexibility index (Phi) is 5.58. The first-order valence-corrected chi connectivity index (χ1v) is 8.11. The van der Waals surface area contributed by atoms with E-state index in [4.69, 9.17) is 5.73 Å². The molecule has 1 aromatic rings. The fourth-order valence-electron chi connectivity index (χ4n) is 2.39. The van der Waals surface area contributed by atoms with Crippen LogP contribution in [0.2, 0.25) is 0 Å². The van der Waals surface area contributed by atoms with Gasteiger partial charge in [0.15, 0.2) is 0 Å². The van der Waals surface area contributed by atoms with Gasteiger partial charge in [-0.25, -0.2) is 0 Å². The number of carbonyl (C=O) groups is 1. The molecule has 3 N–H and O–H groups in total. The predicted octanol–water partition coefficient (Wildman–Crippen LogP) is 2.95. The first-order valence-electron chi connectivity index (χ1n) is 6.95. The van der Waals surface area contributed by atoms with Crippen molar-refractivity contribution in [3.05, 3.63) is 29.8 Å². The van der Waals surface area contributed by atoms with Crippen LogP contribution < -0.4 is 11.1 Å². The molecule has 0 radical (unpaired) electrons. The van der Waals surface area contributed by atoms with Crippen LogP contribution in [0.5, 0.6) is 0 Å². The Balaban J connectivity index is 1.64. The summed E-state index contributed by atoms with van der Waals surface area (Å²) in [5, 5.41) is 3.13. The summed E-state index contributed by atoms with van der Waals surface area (Å²) in [7, 11) is 0. The SMILES string of the molecule is Nc1ccc(CSCC(=O)NC2CCCCC2)cc1. The maximum atomic E-state index is 11.8. The topological polar surface area (TPSA) is 55.1 Å². The Morgan fingerprint density at radius 1 is 1.21 bits per heavy atom. The maximum Gasteiger partial charge on any atom is 0.230 e. The van der Waals surface area contributed by atoms with Gasteiger partial charge in [-0.3, -0.25) is 4.79 Å². The minimum absolute atomic E-state index is 0.173. The molecule has 0 heterocycles. The molecular formula is C15H22N2OS. The molecule has 19 heavy (non-hydrogen) atoms. The summed E-state index contributed by atoms with van der Waals surface area (Å²) in [5.74, 6) is 1.58. The first kappa shape index (κ1) is 14.3. The normalized spacial score (nSPS) is 16.2. The molecule has 1 saturated carbocycles. The number of hydrogen-bond donors (Lipinski definition) is 2. The first-order chi connectivity index (χ1) is 9.24. The molecule has 1 fully saturated rings. The molecule has 1 aromatic carbocycles. The van der Waals surface area contributed by atoms with E-state index in [1.165, 1.54) is 24.8 Å². The number of nitrogens with two attached hydrogens (primary N) is 1. The third-order valence-electron chi connectivity index (χ3n) is 3.45. The minimum atomic E-state index is 0.173. The summed E-state index contributed by atoms with van der Waals surface area (Å²) in [6, 6.07) is 8.25. The average Bonchev–Trinajstić information content (AvgIpc) is 2.42. The van der Waals surface area contributed by atoms with Crippen molar-refractivity contribution in [3.63, 3.8) is 0 Å². The second-order valence-electron chi connectivity index (χ2n) is 5.14.